The van der Waals surface area contributed by atoms with E-state index >= 15 is 0 Å². The molecule has 3 aromatic carbocycles. The first kappa shape index (κ1) is 20.0. The van der Waals surface area contributed by atoms with E-state index in [2.05, 4.69) is 0 Å². The van der Waals surface area contributed by atoms with Crippen molar-refractivity contribution >= 4 is 17.3 Å². The number of nitrogens with zero attached hydrogens (tertiary/aromatic N) is 1. The maximum atomic E-state index is 13.3. The second kappa shape index (κ2) is 8.24. The fourth-order valence-electron chi connectivity index (χ4n) is 3.98. The van der Waals surface area contributed by atoms with Crippen LogP contribution in [-0.4, -0.2) is 11.0 Å². The number of nitrogens with two attached hydrogens (primary N) is 1. The predicted octanol–water partition coefficient (Wildman–Crippen LogP) is 4.76. The van der Waals surface area contributed by atoms with Gasteiger partial charge in [-0.15, -0.1) is 0 Å². The van der Waals surface area contributed by atoms with Crippen molar-refractivity contribution in [3.63, 3.8) is 0 Å². The normalized spacial score (nSPS) is 19.4. The fourth-order valence-corrected chi connectivity index (χ4v) is 3.98. The summed E-state index contributed by atoms with van der Waals surface area (Å²) in [4.78, 5) is 14.6. The molecular formula is C24H22F2N2O2. The molecule has 1 amide bonds. The molecule has 30 heavy (non-hydrogen) atoms. The van der Waals surface area contributed by atoms with Gasteiger partial charge in [-0.1, -0.05) is 24.3 Å². The van der Waals surface area contributed by atoms with E-state index in [-0.39, 0.29) is 29.5 Å². The lowest BCUT2D eigenvalue weighted by Gasteiger charge is -2.48. The minimum absolute atomic E-state index is 0.0743. The second-order valence-electron chi connectivity index (χ2n) is 7.55. The van der Waals surface area contributed by atoms with Gasteiger partial charge in [0.1, 0.15) is 11.6 Å². The summed E-state index contributed by atoms with van der Waals surface area (Å²) in [6.45, 7) is 0. The summed E-state index contributed by atoms with van der Waals surface area (Å²) < 4.78 is 26.4. The summed E-state index contributed by atoms with van der Waals surface area (Å²) in [5, 5.41) is 10.5. The Kier molecular flexibility index (Phi) is 5.50. The number of nitrogen functional groups attached to an aromatic ring is 1. The van der Waals surface area contributed by atoms with E-state index in [1.807, 2.05) is 12.1 Å². The molecule has 0 spiro atoms. The van der Waals surface area contributed by atoms with Crippen LogP contribution in [0.2, 0.25) is 0 Å². The van der Waals surface area contributed by atoms with E-state index in [0.29, 0.717) is 29.8 Å². The Balaban J connectivity index is 1.55. The lowest BCUT2D eigenvalue weighted by molar-refractivity contribution is -0.131. The number of rotatable bonds is 6. The maximum absolute atomic E-state index is 13.3. The minimum atomic E-state index is -0.787. The summed E-state index contributed by atoms with van der Waals surface area (Å²) >= 11 is 0. The fraction of sp³-hybridized carbons (Fsp3) is 0.208. The van der Waals surface area contributed by atoms with Gasteiger partial charge in [0.25, 0.3) is 0 Å². The third-order valence-electron chi connectivity index (χ3n) is 5.60. The highest BCUT2D eigenvalue weighted by atomic mass is 19.1. The Hall–Kier alpha value is -3.25. The van der Waals surface area contributed by atoms with Crippen LogP contribution < -0.4 is 10.6 Å². The number of aliphatic hydroxyl groups excluding tert-OH is 1. The van der Waals surface area contributed by atoms with Crippen LogP contribution in [-0.2, 0) is 4.79 Å². The van der Waals surface area contributed by atoms with Gasteiger partial charge in [-0.3, -0.25) is 4.79 Å². The van der Waals surface area contributed by atoms with Gasteiger partial charge in [-0.2, -0.15) is 0 Å². The molecule has 0 saturated carbocycles. The zero-order valence-corrected chi connectivity index (χ0v) is 16.2. The molecule has 154 valence electrons. The van der Waals surface area contributed by atoms with Gasteiger partial charge >= 0.3 is 0 Å². The van der Waals surface area contributed by atoms with Crippen LogP contribution in [0, 0.1) is 17.6 Å². The molecule has 0 aliphatic carbocycles. The largest absolute Gasteiger partial charge is 0.399 e. The van der Waals surface area contributed by atoms with E-state index in [1.165, 1.54) is 24.3 Å². The first-order valence-electron chi connectivity index (χ1n) is 9.81. The highest BCUT2D eigenvalue weighted by molar-refractivity contribution is 6.03. The Morgan fingerprint density at radius 3 is 2.07 bits per heavy atom. The zero-order valence-electron chi connectivity index (χ0n) is 16.2. The molecule has 0 bridgehead atoms. The quantitative estimate of drug-likeness (QED) is 0.456. The topological polar surface area (TPSA) is 66.6 Å². The van der Waals surface area contributed by atoms with E-state index < -0.39 is 6.10 Å². The number of hydrogen-bond donors (Lipinski definition) is 2. The third kappa shape index (κ3) is 3.91. The van der Waals surface area contributed by atoms with Crippen LogP contribution in [0.5, 0.6) is 0 Å². The monoisotopic (exact) mass is 408 g/mol. The average Bonchev–Trinajstić information content (AvgIpc) is 2.74. The number of carbonyl (C=O) groups is 1. The summed E-state index contributed by atoms with van der Waals surface area (Å²) in [7, 11) is 0. The summed E-state index contributed by atoms with van der Waals surface area (Å²) in [6.07, 6.45) is 0.0415. The van der Waals surface area contributed by atoms with E-state index in [0.717, 1.165) is 5.56 Å². The molecule has 3 atom stereocenters. The Bertz CT molecular complexity index is 1020. The Morgan fingerprint density at radius 1 is 0.900 bits per heavy atom. The molecule has 4 rings (SSSR count). The Labute approximate surface area is 173 Å². The van der Waals surface area contributed by atoms with Crippen LogP contribution in [0.4, 0.5) is 20.2 Å². The first-order valence-corrected chi connectivity index (χ1v) is 9.81. The molecule has 0 unspecified atom stereocenters. The molecule has 1 saturated heterocycles. The molecular weight excluding hydrogens is 386 g/mol. The number of aliphatic hydroxyl groups is 1. The molecule has 0 aromatic heterocycles. The van der Waals surface area contributed by atoms with Crippen LogP contribution in [0.25, 0.3) is 0 Å². The van der Waals surface area contributed by atoms with E-state index in [4.69, 9.17) is 5.73 Å². The highest BCUT2D eigenvalue weighted by Crippen LogP contribution is 2.46. The number of benzene rings is 3. The van der Waals surface area contributed by atoms with Crippen molar-refractivity contribution in [2.45, 2.75) is 25.0 Å². The molecule has 6 heteroatoms. The van der Waals surface area contributed by atoms with Gasteiger partial charge in [-0.25, -0.2) is 8.78 Å². The van der Waals surface area contributed by atoms with E-state index in [1.54, 1.807) is 41.3 Å². The van der Waals surface area contributed by atoms with Crippen LogP contribution >= 0.6 is 0 Å². The van der Waals surface area contributed by atoms with Crippen molar-refractivity contribution in [1.82, 2.24) is 0 Å². The molecule has 3 N–H and O–H groups in total. The van der Waals surface area contributed by atoms with Crippen molar-refractivity contribution in [3.8, 4) is 0 Å². The standard InChI is InChI=1S/C24H22F2N2O2/c25-17-5-1-15(2-6-17)22(29)14-13-21-23(16-3-9-19(27)10-4-16)28(24(21)30)20-11-7-18(26)8-12-20/h1-12,21-23,29H,13-14,27H2/t21-,22+,23-/m1/s1. The summed E-state index contributed by atoms with van der Waals surface area (Å²) in [5.74, 6) is -1.13. The van der Waals surface area contributed by atoms with Crippen LogP contribution in [0.15, 0.2) is 72.8 Å². The predicted molar refractivity (Wildman–Crippen MR) is 112 cm³/mol. The van der Waals surface area contributed by atoms with Crippen molar-refractivity contribution in [2.24, 2.45) is 5.92 Å². The van der Waals surface area contributed by atoms with E-state index in [9.17, 15) is 18.7 Å². The average molecular weight is 408 g/mol. The number of anilines is 2. The lowest BCUT2D eigenvalue weighted by Crippen LogP contribution is -2.55. The SMILES string of the molecule is Nc1ccc([C@@H]2[C@@H](CC[C@H](O)c3ccc(F)cc3)C(=O)N2c2ccc(F)cc2)cc1. The van der Waals surface area contributed by atoms with Gasteiger partial charge in [0.15, 0.2) is 0 Å². The maximum Gasteiger partial charge on any atom is 0.233 e. The molecule has 1 aliphatic rings. The second-order valence-corrected chi connectivity index (χ2v) is 7.55. The van der Waals surface area contributed by atoms with Gasteiger partial charge in [0.2, 0.25) is 5.91 Å². The van der Waals surface area contributed by atoms with Crippen molar-refractivity contribution in [3.05, 3.63) is 95.6 Å². The summed E-state index contributed by atoms with van der Waals surface area (Å²) in [5.41, 5.74) is 8.59. The van der Waals surface area contributed by atoms with Crippen molar-refractivity contribution in [2.75, 3.05) is 10.6 Å². The van der Waals surface area contributed by atoms with Crippen molar-refractivity contribution in [1.29, 1.82) is 0 Å². The van der Waals surface area contributed by atoms with Crippen LogP contribution in [0.3, 0.4) is 0 Å². The summed E-state index contributed by atoms with van der Waals surface area (Å²) in [6, 6.07) is 18.6. The molecule has 0 radical (unpaired) electrons. The number of carbonyl (C=O) groups excluding carboxylic acids is 1. The molecule has 3 aromatic rings. The number of halogens is 2. The van der Waals surface area contributed by atoms with Gasteiger partial charge < -0.3 is 15.7 Å². The smallest absolute Gasteiger partial charge is 0.233 e. The van der Waals surface area contributed by atoms with Gasteiger partial charge in [-0.05, 0) is 72.5 Å². The molecule has 1 aliphatic heterocycles. The van der Waals surface area contributed by atoms with Gasteiger partial charge in [0, 0.05) is 11.4 Å². The zero-order chi connectivity index (χ0) is 21.3. The third-order valence-corrected chi connectivity index (χ3v) is 5.60. The number of hydrogen-bond acceptors (Lipinski definition) is 3. The first-order chi connectivity index (χ1) is 14.4. The Morgan fingerprint density at radius 2 is 1.47 bits per heavy atom. The molecule has 1 heterocycles. The highest BCUT2D eigenvalue weighted by Gasteiger charge is 2.48. The van der Waals surface area contributed by atoms with Crippen molar-refractivity contribution < 1.29 is 18.7 Å². The number of β-lactam (4-membered cyclic amide) rings is 1. The van der Waals surface area contributed by atoms with Crippen LogP contribution in [0.1, 0.15) is 36.1 Å². The molecule has 1 fully saturated rings. The van der Waals surface area contributed by atoms with Gasteiger partial charge in [0.05, 0.1) is 18.1 Å². The number of amides is 1. The molecule has 4 nitrogen and oxygen atoms in total. The minimum Gasteiger partial charge on any atom is -0.399 e. The lowest BCUT2D eigenvalue weighted by atomic mass is 9.78.